The van der Waals surface area contributed by atoms with E-state index < -0.39 is 6.04 Å². The van der Waals surface area contributed by atoms with Crippen LogP contribution in [0.3, 0.4) is 0 Å². The molecule has 1 atom stereocenters. The summed E-state index contributed by atoms with van der Waals surface area (Å²) in [6, 6.07) is 2.20. The zero-order valence-corrected chi connectivity index (χ0v) is 10.9. The average Bonchev–Trinajstić information content (AvgIpc) is 2.28. The number of aromatic nitrogens is 1. The zero-order chi connectivity index (χ0) is 11.3. The van der Waals surface area contributed by atoms with Crippen LogP contribution < -0.4 is 5.73 Å². The molecule has 1 heterocycles. The third-order valence-corrected chi connectivity index (χ3v) is 1.81. The number of nitrogens with one attached hydrogen (secondary N) is 1. The van der Waals surface area contributed by atoms with Crippen LogP contribution in [0, 0.1) is 5.41 Å². The molecule has 3 N–H and O–H groups in total. The standard InChI is InChI=1S/C10H13N3O2.2ClH/c1-2-15-10(12)8(11)9(14)7-4-3-5-13-6-7;;/h3-6,8,12H,2,11H2,1H3;2*1H. The number of carbonyl (C=O) groups excluding carboxylic acids is 1. The van der Waals surface area contributed by atoms with Gasteiger partial charge in [0.05, 0.1) is 6.61 Å². The molecule has 0 fully saturated rings. The zero-order valence-electron chi connectivity index (χ0n) is 9.25. The molecule has 0 aliphatic rings. The number of carbonyl (C=O) groups is 1. The van der Waals surface area contributed by atoms with Crippen molar-refractivity contribution in [3.63, 3.8) is 0 Å². The minimum atomic E-state index is -1.05. The maximum Gasteiger partial charge on any atom is 0.206 e. The Kier molecular flexibility index (Phi) is 9.55. The molecule has 0 spiro atoms. The van der Waals surface area contributed by atoms with E-state index in [9.17, 15) is 4.79 Å². The van der Waals surface area contributed by atoms with E-state index in [0.717, 1.165) is 0 Å². The molecule has 0 bridgehead atoms. The van der Waals surface area contributed by atoms with Crippen LogP contribution in [0.2, 0.25) is 0 Å². The van der Waals surface area contributed by atoms with Gasteiger partial charge in [0.25, 0.3) is 0 Å². The Morgan fingerprint density at radius 3 is 2.71 bits per heavy atom. The molecule has 0 saturated heterocycles. The van der Waals surface area contributed by atoms with Gasteiger partial charge in [-0.05, 0) is 19.1 Å². The predicted molar refractivity (Wildman–Crippen MR) is 70.4 cm³/mol. The van der Waals surface area contributed by atoms with E-state index in [4.69, 9.17) is 15.9 Å². The second-order valence-electron chi connectivity index (χ2n) is 2.88. The van der Waals surface area contributed by atoms with Gasteiger partial charge in [0.1, 0.15) is 6.04 Å². The van der Waals surface area contributed by atoms with E-state index in [1.165, 1.54) is 6.20 Å². The number of ether oxygens (including phenoxy) is 1. The topological polar surface area (TPSA) is 89.1 Å². The fourth-order valence-corrected chi connectivity index (χ4v) is 1.05. The van der Waals surface area contributed by atoms with Crippen LogP contribution in [0.1, 0.15) is 17.3 Å². The summed E-state index contributed by atoms with van der Waals surface area (Å²) in [5.41, 5.74) is 5.94. The van der Waals surface area contributed by atoms with Crippen molar-refractivity contribution in [2.45, 2.75) is 13.0 Å². The highest BCUT2D eigenvalue weighted by Gasteiger charge is 2.21. The summed E-state index contributed by atoms with van der Waals surface area (Å²) in [6.45, 7) is 2.06. The Balaban J connectivity index is 0. The van der Waals surface area contributed by atoms with E-state index in [2.05, 4.69) is 4.98 Å². The first-order valence-electron chi connectivity index (χ1n) is 4.58. The van der Waals surface area contributed by atoms with Crippen LogP contribution in [0.25, 0.3) is 0 Å². The Labute approximate surface area is 112 Å². The van der Waals surface area contributed by atoms with Crippen LogP contribution >= 0.6 is 24.8 Å². The molecular formula is C10H15Cl2N3O2. The van der Waals surface area contributed by atoms with Gasteiger partial charge >= 0.3 is 0 Å². The lowest BCUT2D eigenvalue weighted by Crippen LogP contribution is -2.39. The minimum absolute atomic E-state index is 0. The molecule has 0 aliphatic heterocycles. The molecule has 0 aromatic carbocycles. The van der Waals surface area contributed by atoms with Crippen LogP contribution in [-0.4, -0.2) is 29.3 Å². The summed E-state index contributed by atoms with van der Waals surface area (Å²) >= 11 is 0. The van der Waals surface area contributed by atoms with Crippen molar-refractivity contribution in [3.8, 4) is 0 Å². The largest absolute Gasteiger partial charge is 0.480 e. The average molecular weight is 280 g/mol. The molecule has 1 aromatic rings. The molecule has 0 aliphatic carbocycles. The number of nitrogens with two attached hydrogens (primary N) is 1. The molecular weight excluding hydrogens is 265 g/mol. The Morgan fingerprint density at radius 2 is 2.24 bits per heavy atom. The monoisotopic (exact) mass is 279 g/mol. The van der Waals surface area contributed by atoms with Crippen LogP contribution in [0.4, 0.5) is 0 Å². The molecule has 0 amide bonds. The molecule has 1 aromatic heterocycles. The number of halogens is 2. The number of nitrogens with zero attached hydrogens (tertiary/aromatic N) is 1. The predicted octanol–water partition coefficient (Wildman–Crippen LogP) is 1.45. The normalized spacial score (nSPS) is 10.5. The number of pyridine rings is 1. The van der Waals surface area contributed by atoms with Gasteiger partial charge in [-0.25, -0.2) is 0 Å². The lowest BCUT2D eigenvalue weighted by molar-refractivity contribution is 0.0974. The highest BCUT2D eigenvalue weighted by Crippen LogP contribution is 2.01. The molecule has 0 saturated carbocycles. The molecule has 1 unspecified atom stereocenters. The van der Waals surface area contributed by atoms with Crippen LogP contribution in [0.15, 0.2) is 24.5 Å². The van der Waals surface area contributed by atoms with E-state index >= 15 is 0 Å². The first-order chi connectivity index (χ1) is 7.16. The van der Waals surface area contributed by atoms with Gasteiger partial charge in [0.15, 0.2) is 5.78 Å². The fraction of sp³-hybridized carbons (Fsp3) is 0.300. The SMILES string of the molecule is CCOC(=N)C(N)C(=O)c1cccnc1.Cl.Cl. The van der Waals surface area contributed by atoms with Crippen molar-refractivity contribution in [2.75, 3.05) is 6.61 Å². The van der Waals surface area contributed by atoms with Crippen molar-refractivity contribution in [1.82, 2.24) is 4.98 Å². The van der Waals surface area contributed by atoms with Crippen molar-refractivity contribution < 1.29 is 9.53 Å². The van der Waals surface area contributed by atoms with Gasteiger partial charge in [0, 0.05) is 18.0 Å². The van der Waals surface area contributed by atoms with E-state index in [0.29, 0.717) is 12.2 Å². The maximum absolute atomic E-state index is 11.7. The molecule has 1 rings (SSSR count). The lowest BCUT2D eigenvalue weighted by Gasteiger charge is -2.11. The van der Waals surface area contributed by atoms with Crippen molar-refractivity contribution in [2.24, 2.45) is 5.73 Å². The van der Waals surface area contributed by atoms with Crippen molar-refractivity contribution in [1.29, 1.82) is 5.41 Å². The third kappa shape index (κ3) is 5.12. The third-order valence-electron chi connectivity index (χ3n) is 1.81. The van der Waals surface area contributed by atoms with Gasteiger partial charge < -0.3 is 10.5 Å². The summed E-state index contributed by atoms with van der Waals surface area (Å²) < 4.78 is 4.86. The Hall–Kier alpha value is -1.17. The first kappa shape index (κ1) is 18.2. The fourth-order valence-electron chi connectivity index (χ4n) is 1.05. The van der Waals surface area contributed by atoms with Gasteiger partial charge in [-0.1, -0.05) is 0 Å². The summed E-state index contributed by atoms with van der Waals surface area (Å²) in [5.74, 6) is -0.576. The number of Topliss-reactive ketones (excluding diaryl/α,β-unsaturated/α-hetero) is 1. The van der Waals surface area contributed by atoms with Crippen molar-refractivity contribution >= 4 is 36.5 Å². The highest BCUT2D eigenvalue weighted by molar-refractivity contribution is 6.12. The lowest BCUT2D eigenvalue weighted by atomic mass is 10.1. The minimum Gasteiger partial charge on any atom is -0.480 e. The van der Waals surface area contributed by atoms with E-state index in [1.807, 2.05) is 0 Å². The molecule has 0 radical (unpaired) electrons. The Morgan fingerprint density at radius 1 is 1.59 bits per heavy atom. The van der Waals surface area contributed by atoms with Crippen LogP contribution in [-0.2, 0) is 4.74 Å². The Bertz CT molecular complexity index is 360. The van der Waals surface area contributed by atoms with Gasteiger partial charge in [0.2, 0.25) is 5.90 Å². The summed E-state index contributed by atoms with van der Waals surface area (Å²) in [7, 11) is 0. The van der Waals surface area contributed by atoms with Gasteiger partial charge in [-0.3, -0.25) is 15.2 Å². The smallest absolute Gasteiger partial charge is 0.206 e. The summed E-state index contributed by atoms with van der Waals surface area (Å²) in [4.78, 5) is 15.5. The number of hydrogen-bond donors (Lipinski definition) is 2. The van der Waals surface area contributed by atoms with Crippen LogP contribution in [0.5, 0.6) is 0 Å². The summed E-state index contributed by atoms with van der Waals surface area (Å²) in [5, 5.41) is 7.39. The number of rotatable bonds is 4. The highest BCUT2D eigenvalue weighted by atomic mass is 35.5. The second kappa shape index (κ2) is 8.92. The molecule has 7 heteroatoms. The van der Waals surface area contributed by atoms with Crippen molar-refractivity contribution in [3.05, 3.63) is 30.1 Å². The number of ketones is 1. The van der Waals surface area contributed by atoms with E-state index in [1.54, 1.807) is 25.3 Å². The second-order valence-corrected chi connectivity index (χ2v) is 2.88. The maximum atomic E-state index is 11.7. The molecule has 17 heavy (non-hydrogen) atoms. The number of hydrogen-bond acceptors (Lipinski definition) is 5. The van der Waals surface area contributed by atoms with Gasteiger partial charge in [-0.15, -0.1) is 24.8 Å². The van der Waals surface area contributed by atoms with E-state index in [-0.39, 0.29) is 36.5 Å². The molecule has 96 valence electrons. The molecule has 5 nitrogen and oxygen atoms in total. The van der Waals surface area contributed by atoms with Gasteiger partial charge in [-0.2, -0.15) is 0 Å². The summed E-state index contributed by atoms with van der Waals surface area (Å²) in [6.07, 6.45) is 2.98. The first-order valence-corrected chi connectivity index (χ1v) is 4.58. The quantitative estimate of drug-likeness (QED) is 0.496.